The summed E-state index contributed by atoms with van der Waals surface area (Å²) in [5.41, 5.74) is 0.342. The summed E-state index contributed by atoms with van der Waals surface area (Å²) in [5.74, 6) is 2.45. The zero-order valence-corrected chi connectivity index (χ0v) is 14.0. The first-order chi connectivity index (χ1) is 9.94. The first-order valence-corrected chi connectivity index (χ1v) is 7.92. The van der Waals surface area contributed by atoms with Gasteiger partial charge in [-0.05, 0) is 49.8 Å². The minimum atomic E-state index is 0.222. The van der Waals surface area contributed by atoms with Crippen LogP contribution < -0.4 is 14.8 Å². The van der Waals surface area contributed by atoms with Gasteiger partial charge in [-0.25, -0.2) is 0 Å². The lowest BCUT2D eigenvalue weighted by Crippen LogP contribution is -2.47. The van der Waals surface area contributed by atoms with Gasteiger partial charge in [0, 0.05) is 12.1 Å². The fourth-order valence-corrected chi connectivity index (χ4v) is 3.23. The van der Waals surface area contributed by atoms with Gasteiger partial charge < -0.3 is 14.8 Å². The molecule has 1 aliphatic rings. The van der Waals surface area contributed by atoms with Gasteiger partial charge >= 0.3 is 0 Å². The molecular formula is C18H29NO2. The van der Waals surface area contributed by atoms with E-state index in [0.717, 1.165) is 17.9 Å². The Morgan fingerprint density at radius 3 is 2.48 bits per heavy atom. The van der Waals surface area contributed by atoms with E-state index in [2.05, 4.69) is 26.1 Å². The third-order valence-electron chi connectivity index (χ3n) is 4.72. The molecule has 2 rings (SSSR count). The van der Waals surface area contributed by atoms with Crippen LogP contribution in [0.5, 0.6) is 11.5 Å². The lowest BCUT2D eigenvalue weighted by atomic mass is 9.70. The van der Waals surface area contributed by atoms with Crippen LogP contribution in [0.15, 0.2) is 24.3 Å². The Kier molecular flexibility index (Phi) is 5.15. The van der Waals surface area contributed by atoms with Gasteiger partial charge in [-0.1, -0.05) is 26.8 Å². The SMILES string of the molecule is CNC1CCC(C(C)(C)C)CC1Oc1cccc(OC)c1. The van der Waals surface area contributed by atoms with Crippen molar-refractivity contribution < 1.29 is 9.47 Å². The number of rotatable bonds is 4. The van der Waals surface area contributed by atoms with Crippen molar-refractivity contribution in [1.82, 2.24) is 5.32 Å². The van der Waals surface area contributed by atoms with Crippen molar-refractivity contribution in [2.24, 2.45) is 11.3 Å². The maximum absolute atomic E-state index is 6.28. The van der Waals surface area contributed by atoms with Crippen molar-refractivity contribution in [3.8, 4) is 11.5 Å². The van der Waals surface area contributed by atoms with Crippen LogP contribution in [0.25, 0.3) is 0 Å². The summed E-state index contributed by atoms with van der Waals surface area (Å²) < 4.78 is 11.6. The number of nitrogens with one attached hydrogen (secondary N) is 1. The molecule has 0 radical (unpaired) electrons. The fourth-order valence-electron chi connectivity index (χ4n) is 3.23. The highest BCUT2D eigenvalue weighted by atomic mass is 16.5. The number of likely N-dealkylation sites (N-methyl/N-ethyl adjacent to an activating group) is 1. The Labute approximate surface area is 129 Å². The molecule has 3 atom stereocenters. The van der Waals surface area contributed by atoms with E-state index in [4.69, 9.17) is 9.47 Å². The molecule has 1 N–H and O–H groups in total. The Morgan fingerprint density at radius 2 is 1.86 bits per heavy atom. The third-order valence-corrected chi connectivity index (χ3v) is 4.72. The van der Waals surface area contributed by atoms with Gasteiger partial charge in [0.1, 0.15) is 17.6 Å². The summed E-state index contributed by atoms with van der Waals surface area (Å²) in [4.78, 5) is 0. The highest BCUT2D eigenvalue weighted by Gasteiger charge is 2.36. The van der Waals surface area contributed by atoms with E-state index in [1.54, 1.807) is 7.11 Å². The van der Waals surface area contributed by atoms with Gasteiger partial charge in [0.2, 0.25) is 0 Å². The zero-order valence-electron chi connectivity index (χ0n) is 14.0. The van der Waals surface area contributed by atoms with Crippen molar-refractivity contribution >= 4 is 0 Å². The average Bonchev–Trinajstić information content (AvgIpc) is 2.46. The highest BCUT2D eigenvalue weighted by Crippen LogP contribution is 2.39. The van der Waals surface area contributed by atoms with Crippen molar-refractivity contribution in [2.75, 3.05) is 14.2 Å². The summed E-state index contributed by atoms with van der Waals surface area (Å²) >= 11 is 0. The molecule has 0 amide bonds. The minimum absolute atomic E-state index is 0.222. The quantitative estimate of drug-likeness (QED) is 0.913. The van der Waals surface area contributed by atoms with Gasteiger partial charge in [0.15, 0.2) is 0 Å². The summed E-state index contributed by atoms with van der Waals surface area (Å²) in [6, 6.07) is 8.33. The van der Waals surface area contributed by atoms with Gasteiger partial charge in [0.25, 0.3) is 0 Å². The molecule has 1 aromatic rings. The van der Waals surface area contributed by atoms with Crippen LogP contribution in [0.4, 0.5) is 0 Å². The van der Waals surface area contributed by atoms with Crippen LogP contribution in [0, 0.1) is 11.3 Å². The Hall–Kier alpha value is -1.22. The van der Waals surface area contributed by atoms with Crippen LogP contribution >= 0.6 is 0 Å². The summed E-state index contributed by atoms with van der Waals surface area (Å²) in [7, 11) is 3.72. The Morgan fingerprint density at radius 1 is 1.14 bits per heavy atom. The Balaban J connectivity index is 2.10. The molecule has 0 aromatic heterocycles. The third kappa shape index (κ3) is 4.13. The van der Waals surface area contributed by atoms with Crippen molar-refractivity contribution in [1.29, 1.82) is 0 Å². The second-order valence-corrected chi connectivity index (χ2v) is 7.11. The van der Waals surface area contributed by atoms with Crippen LogP contribution in [0.1, 0.15) is 40.0 Å². The van der Waals surface area contributed by atoms with Crippen molar-refractivity contribution in [3.63, 3.8) is 0 Å². The molecule has 0 bridgehead atoms. The highest BCUT2D eigenvalue weighted by molar-refractivity contribution is 5.33. The molecule has 0 aliphatic heterocycles. The molecule has 21 heavy (non-hydrogen) atoms. The lowest BCUT2D eigenvalue weighted by Gasteiger charge is -2.41. The van der Waals surface area contributed by atoms with Gasteiger partial charge in [-0.3, -0.25) is 0 Å². The van der Waals surface area contributed by atoms with E-state index in [9.17, 15) is 0 Å². The number of hydrogen-bond donors (Lipinski definition) is 1. The van der Waals surface area contributed by atoms with Crippen molar-refractivity contribution in [3.05, 3.63) is 24.3 Å². The van der Waals surface area contributed by atoms with E-state index in [1.807, 2.05) is 31.3 Å². The van der Waals surface area contributed by atoms with E-state index in [0.29, 0.717) is 17.4 Å². The molecule has 1 aromatic carbocycles. The smallest absolute Gasteiger partial charge is 0.123 e. The molecular weight excluding hydrogens is 262 g/mol. The fraction of sp³-hybridized carbons (Fsp3) is 0.667. The van der Waals surface area contributed by atoms with Crippen molar-refractivity contribution in [2.45, 2.75) is 52.2 Å². The van der Waals surface area contributed by atoms with Gasteiger partial charge in [-0.2, -0.15) is 0 Å². The molecule has 0 heterocycles. The largest absolute Gasteiger partial charge is 0.497 e. The molecule has 3 unspecified atom stereocenters. The molecule has 3 heteroatoms. The Bertz CT molecular complexity index is 453. The first kappa shape index (κ1) is 16.2. The number of benzene rings is 1. The summed E-state index contributed by atoms with van der Waals surface area (Å²) in [6.07, 6.45) is 3.77. The van der Waals surface area contributed by atoms with Gasteiger partial charge in [0.05, 0.1) is 7.11 Å². The predicted molar refractivity (Wildman–Crippen MR) is 87.1 cm³/mol. The average molecular weight is 291 g/mol. The van der Waals surface area contributed by atoms with Gasteiger partial charge in [-0.15, -0.1) is 0 Å². The normalized spacial score (nSPS) is 26.4. The predicted octanol–water partition coefficient (Wildman–Crippen LogP) is 3.88. The molecule has 0 spiro atoms. The molecule has 1 aliphatic carbocycles. The number of ether oxygens (including phenoxy) is 2. The maximum atomic E-state index is 6.28. The standard InChI is InChI=1S/C18H29NO2/c1-18(2,3)13-9-10-16(19-4)17(11-13)21-15-8-6-7-14(12-15)20-5/h6-8,12-13,16-17,19H,9-11H2,1-5H3. The lowest BCUT2D eigenvalue weighted by molar-refractivity contribution is 0.0495. The number of hydrogen-bond acceptors (Lipinski definition) is 3. The van der Waals surface area contributed by atoms with E-state index >= 15 is 0 Å². The maximum Gasteiger partial charge on any atom is 0.123 e. The molecule has 1 saturated carbocycles. The van der Waals surface area contributed by atoms with Crippen LogP contribution in [0.3, 0.4) is 0 Å². The topological polar surface area (TPSA) is 30.5 Å². The summed E-state index contributed by atoms with van der Waals surface area (Å²) in [6.45, 7) is 7.00. The van der Waals surface area contributed by atoms with Crippen LogP contribution in [-0.4, -0.2) is 26.3 Å². The van der Waals surface area contributed by atoms with Crippen LogP contribution in [0.2, 0.25) is 0 Å². The van der Waals surface area contributed by atoms with E-state index in [1.165, 1.54) is 12.8 Å². The second kappa shape index (κ2) is 6.69. The minimum Gasteiger partial charge on any atom is -0.497 e. The van der Waals surface area contributed by atoms with E-state index in [-0.39, 0.29) is 6.10 Å². The first-order valence-electron chi connectivity index (χ1n) is 7.92. The molecule has 118 valence electrons. The van der Waals surface area contributed by atoms with Crippen LogP contribution in [-0.2, 0) is 0 Å². The number of methoxy groups -OCH3 is 1. The second-order valence-electron chi connectivity index (χ2n) is 7.11. The summed E-state index contributed by atoms with van der Waals surface area (Å²) in [5, 5.41) is 3.42. The molecule has 3 nitrogen and oxygen atoms in total. The molecule has 0 saturated heterocycles. The molecule has 1 fully saturated rings. The monoisotopic (exact) mass is 291 g/mol. The van der Waals surface area contributed by atoms with E-state index < -0.39 is 0 Å². The zero-order chi connectivity index (χ0) is 15.5.